The Kier molecular flexibility index (Phi) is 8.99. The molecule has 1 aromatic heterocycles. The number of guanidine groups is 1. The number of carbonyl (C=O) groups is 1. The number of benzene rings is 1. The molecule has 242 valence electrons. The molecule has 2 aliphatic heterocycles. The molecule has 3 heterocycles. The van der Waals surface area contributed by atoms with E-state index in [0.29, 0.717) is 18.6 Å². The fraction of sp³-hybridized carbons (Fsp3) is 0.500. The summed E-state index contributed by atoms with van der Waals surface area (Å²) in [5, 5.41) is 2.36. The Morgan fingerprint density at radius 2 is 1.64 bits per heavy atom. The molecule has 2 aromatic rings. The van der Waals surface area contributed by atoms with Gasteiger partial charge in [-0.2, -0.15) is 39.5 Å². The lowest BCUT2D eigenvalue weighted by atomic mass is 9.93. The second-order valence-corrected chi connectivity index (χ2v) is 10.4. The van der Waals surface area contributed by atoms with Crippen LogP contribution in [-0.4, -0.2) is 46.4 Å². The van der Waals surface area contributed by atoms with Gasteiger partial charge in [0, 0.05) is 13.1 Å². The Balaban J connectivity index is 1.78. The summed E-state index contributed by atoms with van der Waals surface area (Å²) in [4.78, 5) is 22.5. The Labute approximate surface area is 245 Å². The van der Waals surface area contributed by atoms with Gasteiger partial charge in [0.15, 0.2) is 0 Å². The quantitative estimate of drug-likeness (QED) is 0.364. The monoisotopic (exact) mass is 641 g/mol. The van der Waals surface area contributed by atoms with E-state index in [1.165, 1.54) is 22.1 Å². The normalized spacial score (nSPS) is 20.7. The van der Waals surface area contributed by atoms with Gasteiger partial charge in [-0.3, -0.25) is 15.3 Å². The third-order valence-electron chi connectivity index (χ3n) is 6.83. The number of amides is 1. The highest BCUT2D eigenvalue weighted by Gasteiger charge is 2.42. The van der Waals surface area contributed by atoms with Gasteiger partial charge in [-0.15, -0.1) is 10.7 Å². The van der Waals surface area contributed by atoms with Crippen molar-refractivity contribution in [2.24, 2.45) is 4.99 Å². The lowest BCUT2D eigenvalue weighted by Crippen LogP contribution is -2.46. The second kappa shape index (κ2) is 11.9. The number of ether oxygens (including phenoxy) is 1. The second-order valence-electron chi connectivity index (χ2n) is 10.4. The number of aromatic nitrogens is 1. The van der Waals surface area contributed by atoms with Gasteiger partial charge in [0.25, 0.3) is 0 Å². The number of aliphatic imine (C=N–C) groups is 1. The zero-order valence-electron chi connectivity index (χ0n) is 23.7. The molecule has 1 saturated heterocycles. The van der Waals surface area contributed by atoms with E-state index in [1.54, 1.807) is 20.8 Å². The Morgan fingerprint density at radius 1 is 1.02 bits per heavy atom. The topological polar surface area (TPSA) is 85.3 Å². The number of nitrogens with zero attached hydrogens (tertiary/aromatic N) is 5. The fourth-order valence-electron chi connectivity index (χ4n) is 4.82. The third-order valence-corrected chi connectivity index (χ3v) is 6.83. The van der Waals surface area contributed by atoms with Crippen LogP contribution >= 0.6 is 0 Å². The number of hydrogen-bond donors (Lipinski definition) is 2. The van der Waals surface area contributed by atoms with Gasteiger partial charge < -0.3 is 4.74 Å². The van der Waals surface area contributed by atoms with Crippen molar-refractivity contribution in [3.05, 3.63) is 58.4 Å². The number of halogens is 9. The van der Waals surface area contributed by atoms with Crippen molar-refractivity contribution in [1.82, 2.24) is 26.1 Å². The van der Waals surface area contributed by atoms with E-state index in [0.717, 1.165) is 12.1 Å². The summed E-state index contributed by atoms with van der Waals surface area (Å²) < 4.78 is 127. The summed E-state index contributed by atoms with van der Waals surface area (Å²) in [6, 6.07) is 1.25. The number of fused-ring (bicyclic) bond motifs is 1. The van der Waals surface area contributed by atoms with E-state index in [4.69, 9.17) is 4.74 Å². The number of carbonyl (C=O) groups excluding carboxylic acids is 1. The van der Waals surface area contributed by atoms with Gasteiger partial charge in [0.05, 0.1) is 41.2 Å². The van der Waals surface area contributed by atoms with Crippen molar-refractivity contribution in [1.29, 1.82) is 0 Å². The highest BCUT2D eigenvalue weighted by molar-refractivity contribution is 5.90. The van der Waals surface area contributed by atoms with Crippen LogP contribution in [0.4, 0.5) is 50.0 Å². The molecule has 9 nitrogen and oxygen atoms in total. The van der Waals surface area contributed by atoms with E-state index < -0.39 is 66.2 Å². The zero-order chi connectivity index (χ0) is 32.8. The molecule has 1 amide bonds. The van der Waals surface area contributed by atoms with Gasteiger partial charge in [-0.25, -0.2) is 14.8 Å². The maximum atomic E-state index is 13.6. The van der Waals surface area contributed by atoms with Gasteiger partial charge in [-0.05, 0) is 62.6 Å². The molecule has 18 heteroatoms. The highest BCUT2D eigenvalue weighted by atomic mass is 19.4. The van der Waals surface area contributed by atoms with Gasteiger partial charge in [0.1, 0.15) is 5.69 Å². The molecule has 2 atom stereocenters. The summed E-state index contributed by atoms with van der Waals surface area (Å²) in [6.07, 6.45) is -16.0. The van der Waals surface area contributed by atoms with E-state index in [2.05, 4.69) is 20.9 Å². The molecule has 2 aliphatic rings. The third kappa shape index (κ3) is 7.11. The maximum Gasteiger partial charge on any atom is 0.433 e. The molecule has 0 unspecified atom stereocenters. The molecule has 0 aliphatic carbocycles. The van der Waals surface area contributed by atoms with E-state index in [1.807, 2.05) is 0 Å². The lowest BCUT2D eigenvalue weighted by Gasteiger charge is -2.38. The standard InChI is InChI=1S/C26H28F9N7O2/c1-5-17-11-18(21-19(42(17)23(43)44-13(2)3)6-7-20(37-21)26(33,34)35)36-22-38-39-40(4)41(22)12-14-8-15(24(27,28)29)10-16(9-14)25(30,31)32/h6-10,13,17-18,39H,5,11-12H2,1-4H3,(H,36,38)/t17-,18+/m1/s1. The van der Waals surface area contributed by atoms with Crippen LogP contribution in [0.3, 0.4) is 0 Å². The Hall–Kier alpha value is -3.80. The molecule has 44 heavy (non-hydrogen) atoms. The van der Waals surface area contributed by atoms with Crippen molar-refractivity contribution >= 4 is 17.7 Å². The predicted molar refractivity (Wildman–Crippen MR) is 138 cm³/mol. The van der Waals surface area contributed by atoms with Crippen molar-refractivity contribution in [2.75, 3.05) is 11.9 Å². The molecular formula is C26H28F9N7O2. The first-order chi connectivity index (χ1) is 20.3. The van der Waals surface area contributed by atoms with Crippen LogP contribution in [-0.2, 0) is 29.8 Å². The molecule has 0 radical (unpaired) electrons. The number of hydrazine groups is 3. The molecule has 4 rings (SSSR count). The van der Waals surface area contributed by atoms with Crippen LogP contribution < -0.4 is 15.9 Å². The molecule has 0 bridgehead atoms. The molecule has 1 aromatic carbocycles. The number of alkyl halides is 9. The van der Waals surface area contributed by atoms with Crippen LogP contribution in [0.5, 0.6) is 0 Å². The van der Waals surface area contributed by atoms with Crippen LogP contribution in [0.1, 0.15) is 67.7 Å². The SMILES string of the molecule is CC[C@@H]1C[C@H](N=C2NNN(C)N2Cc2cc(C(F)(F)F)cc(C(F)(F)F)c2)c2nc(C(F)(F)F)ccc2N1C(=O)OC(C)C. The minimum atomic E-state index is -5.06. The van der Waals surface area contributed by atoms with Gasteiger partial charge >= 0.3 is 24.6 Å². The number of pyridine rings is 1. The maximum absolute atomic E-state index is 13.6. The van der Waals surface area contributed by atoms with Crippen molar-refractivity contribution in [3.8, 4) is 0 Å². The summed E-state index contributed by atoms with van der Waals surface area (Å²) in [6.45, 7) is 4.42. The average Bonchev–Trinajstić information content (AvgIpc) is 3.24. The van der Waals surface area contributed by atoms with Crippen molar-refractivity contribution < 1.29 is 49.0 Å². The zero-order valence-corrected chi connectivity index (χ0v) is 23.7. The number of hydrogen-bond acceptors (Lipinski definition) is 6. The first-order valence-electron chi connectivity index (χ1n) is 13.3. The number of nitrogens with one attached hydrogen (secondary N) is 2. The fourth-order valence-corrected chi connectivity index (χ4v) is 4.82. The minimum Gasteiger partial charge on any atom is -0.446 e. The number of anilines is 1. The molecular weight excluding hydrogens is 613 g/mol. The summed E-state index contributed by atoms with van der Waals surface area (Å²) in [5.41, 5.74) is 0.416. The first-order valence-corrected chi connectivity index (χ1v) is 13.3. The van der Waals surface area contributed by atoms with Gasteiger partial charge in [0.2, 0.25) is 5.96 Å². The summed E-state index contributed by atoms with van der Waals surface area (Å²) in [5.74, 6) is -0.123. The van der Waals surface area contributed by atoms with E-state index in [9.17, 15) is 44.3 Å². The summed E-state index contributed by atoms with van der Waals surface area (Å²) >= 11 is 0. The highest BCUT2D eigenvalue weighted by Crippen LogP contribution is 2.42. The largest absolute Gasteiger partial charge is 0.446 e. The first kappa shape index (κ1) is 33.1. The average molecular weight is 642 g/mol. The smallest absolute Gasteiger partial charge is 0.433 e. The summed E-state index contributed by atoms with van der Waals surface area (Å²) in [7, 11) is 1.39. The molecule has 0 saturated carbocycles. The molecule has 1 fully saturated rings. The van der Waals surface area contributed by atoms with Crippen LogP contribution in [0.2, 0.25) is 0 Å². The van der Waals surface area contributed by atoms with E-state index in [-0.39, 0.29) is 35.4 Å². The van der Waals surface area contributed by atoms with E-state index >= 15 is 0 Å². The Bertz CT molecular complexity index is 1380. The minimum absolute atomic E-state index is 0.00644. The van der Waals surface area contributed by atoms with Gasteiger partial charge in [-0.1, -0.05) is 6.92 Å². The predicted octanol–water partition coefficient (Wildman–Crippen LogP) is 6.44. The van der Waals surface area contributed by atoms with Crippen molar-refractivity contribution in [3.63, 3.8) is 0 Å². The van der Waals surface area contributed by atoms with Crippen molar-refractivity contribution in [2.45, 2.75) is 76.9 Å². The van der Waals surface area contributed by atoms with Crippen LogP contribution in [0, 0.1) is 0 Å². The number of rotatable bonds is 5. The molecule has 0 spiro atoms. The van der Waals surface area contributed by atoms with Crippen LogP contribution in [0.15, 0.2) is 35.3 Å². The molecule has 2 N–H and O–H groups in total. The Morgan fingerprint density at radius 3 is 2.16 bits per heavy atom. The van der Waals surface area contributed by atoms with Crippen LogP contribution in [0.25, 0.3) is 0 Å². The lowest BCUT2D eigenvalue weighted by molar-refractivity contribution is -0.143.